The van der Waals surface area contributed by atoms with Crippen molar-refractivity contribution in [3.05, 3.63) is 30.1 Å². The van der Waals surface area contributed by atoms with Gasteiger partial charge in [0.2, 0.25) is 15.9 Å². The standard InChI is InChI=1S/C18H26FN3O3S/c1-2-20-10-4-3-5-17(20)18(23)21-11-13-22(14-12-21)26(24,25)16-8-6-15(19)7-9-16/h6-9,17H,2-5,10-14H2,1H3. The van der Waals surface area contributed by atoms with E-state index in [4.69, 9.17) is 0 Å². The third kappa shape index (κ3) is 3.92. The largest absolute Gasteiger partial charge is 0.339 e. The number of piperazine rings is 1. The average Bonchev–Trinajstić information content (AvgIpc) is 2.68. The first-order chi connectivity index (χ1) is 12.4. The van der Waals surface area contributed by atoms with Crippen LogP contribution in [0.15, 0.2) is 29.2 Å². The summed E-state index contributed by atoms with van der Waals surface area (Å²) < 4.78 is 39.7. The summed E-state index contributed by atoms with van der Waals surface area (Å²) in [4.78, 5) is 16.9. The Kier molecular flexibility index (Phi) is 5.94. The summed E-state index contributed by atoms with van der Waals surface area (Å²) in [7, 11) is -3.65. The Labute approximate surface area is 154 Å². The molecule has 6 nitrogen and oxygen atoms in total. The SMILES string of the molecule is CCN1CCCCC1C(=O)N1CCN(S(=O)(=O)c2ccc(F)cc2)CC1. The lowest BCUT2D eigenvalue weighted by molar-refractivity contribution is -0.139. The molecular formula is C18H26FN3O3S. The molecule has 2 fully saturated rings. The molecule has 2 aliphatic rings. The Bertz CT molecular complexity index is 731. The zero-order chi connectivity index (χ0) is 18.7. The number of halogens is 1. The lowest BCUT2D eigenvalue weighted by atomic mass is 10.0. The third-order valence-electron chi connectivity index (χ3n) is 5.31. The summed E-state index contributed by atoms with van der Waals surface area (Å²) in [6, 6.07) is 4.78. The van der Waals surface area contributed by atoms with Crippen LogP contribution in [0.25, 0.3) is 0 Å². The number of hydrogen-bond donors (Lipinski definition) is 0. The second kappa shape index (κ2) is 8.02. The number of carbonyl (C=O) groups excluding carboxylic acids is 1. The highest BCUT2D eigenvalue weighted by atomic mass is 32.2. The van der Waals surface area contributed by atoms with Crippen LogP contribution in [-0.2, 0) is 14.8 Å². The molecule has 1 unspecified atom stereocenters. The molecule has 3 rings (SSSR count). The van der Waals surface area contributed by atoms with Gasteiger partial charge in [-0.15, -0.1) is 0 Å². The third-order valence-corrected chi connectivity index (χ3v) is 7.22. The smallest absolute Gasteiger partial charge is 0.243 e. The van der Waals surface area contributed by atoms with Crippen LogP contribution in [0.4, 0.5) is 4.39 Å². The van der Waals surface area contributed by atoms with E-state index in [1.807, 2.05) is 0 Å². The summed E-state index contributed by atoms with van der Waals surface area (Å²) in [5, 5.41) is 0. The molecule has 2 saturated heterocycles. The molecule has 0 aromatic heterocycles. The first kappa shape index (κ1) is 19.3. The molecule has 0 radical (unpaired) electrons. The van der Waals surface area contributed by atoms with Gasteiger partial charge in [0.05, 0.1) is 10.9 Å². The zero-order valence-electron chi connectivity index (χ0n) is 15.1. The van der Waals surface area contributed by atoms with Crippen LogP contribution in [0.2, 0.25) is 0 Å². The van der Waals surface area contributed by atoms with Gasteiger partial charge in [0.25, 0.3) is 0 Å². The normalized spacial score (nSPS) is 23.2. The van der Waals surface area contributed by atoms with Crippen LogP contribution < -0.4 is 0 Å². The minimum Gasteiger partial charge on any atom is -0.339 e. The van der Waals surface area contributed by atoms with Crippen LogP contribution in [0.1, 0.15) is 26.2 Å². The van der Waals surface area contributed by atoms with E-state index in [9.17, 15) is 17.6 Å². The summed E-state index contributed by atoms with van der Waals surface area (Å²) >= 11 is 0. The molecule has 1 amide bonds. The number of hydrogen-bond acceptors (Lipinski definition) is 4. The summed E-state index contributed by atoms with van der Waals surface area (Å²) in [5.41, 5.74) is 0. The van der Waals surface area contributed by atoms with E-state index in [1.165, 1.54) is 16.4 Å². The maximum absolute atomic E-state index is 13.0. The van der Waals surface area contributed by atoms with E-state index in [1.54, 1.807) is 4.90 Å². The number of piperidine rings is 1. The second-order valence-electron chi connectivity index (χ2n) is 6.82. The minimum atomic E-state index is -3.65. The fourth-order valence-corrected chi connectivity index (χ4v) is 5.19. The zero-order valence-corrected chi connectivity index (χ0v) is 15.9. The number of rotatable bonds is 4. The molecule has 0 saturated carbocycles. The number of amides is 1. The van der Waals surface area contributed by atoms with Crippen molar-refractivity contribution in [3.63, 3.8) is 0 Å². The van der Waals surface area contributed by atoms with Crippen LogP contribution in [0, 0.1) is 5.82 Å². The van der Waals surface area contributed by atoms with Crippen molar-refractivity contribution in [1.29, 1.82) is 0 Å². The van der Waals surface area contributed by atoms with Crippen LogP contribution in [0.3, 0.4) is 0 Å². The molecule has 2 heterocycles. The maximum atomic E-state index is 13.0. The van der Waals surface area contributed by atoms with E-state index < -0.39 is 15.8 Å². The molecule has 1 atom stereocenters. The highest BCUT2D eigenvalue weighted by molar-refractivity contribution is 7.89. The first-order valence-electron chi connectivity index (χ1n) is 9.22. The number of likely N-dealkylation sites (N-methyl/N-ethyl adjacent to an activating group) is 1. The Morgan fingerprint density at radius 1 is 1.08 bits per heavy atom. The van der Waals surface area contributed by atoms with E-state index in [-0.39, 0.29) is 29.9 Å². The van der Waals surface area contributed by atoms with E-state index >= 15 is 0 Å². The van der Waals surface area contributed by atoms with Crippen LogP contribution >= 0.6 is 0 Å². The first-order valence-corrected chi connectivity index (χ1v) is 10.7. The quantitative estimate of drug-likeness (QED) is 0.791. The molecule has 2 aliphatic heterocycles. The van der Waals surface area contributed by atoms with Crippen molar-refractivity contribution < 1.29 is 17.6 Å². The average molecular weight is 383 g/mol. The Morgan fingerprint density at radius 3 is 2.35 bits per heavy atom. The highest BCUT2D eigenvalue weighted by Crippen LogP contribution is 2.21. The van der Waals surface area contributed by atoms with Gasteiger partial charge in [-0.2, -0.15) is 4.31 Å². The fraction of sp³-hybridized carbons (Fsp3) is 0.611. The molecule has 0 bridgehead atoms. The number of likely N-dealkylation sites (tertiary alicyclic amines) is 1. The Balaban J connectivity index is 1.63. The van der Waals surface area contributed by atoms with Crippen LogP contribution in [-0.4, -0.2) is 73.7 Å². The molecule has 1 aromatic rings. The van der Waals surface area contributed by atoms with Gasteiger partial charge in [0.1, 0.15) is 5.82 Å². The van der Waals surface area contributed by atoms with Gasteiger partial charge in [0, 0.05) is 26.2 Å². The van der Waals surface area contributed by atoms with Crippen molar-refractivity contribution in [1.82, 2.24) is 14.1 Å². The molecule has 0 aliphatic carbocycles. The molecule has 0 N–H and O–H groups in total. The summed E-state index contributed by atoms with van der Waals surface area (Å²) in [6.07, 6.45) is 3.06. The topological polar surface area (TPSA) is 60.9 Å². The minimum absolute atomic E-state index is 0.0750. The van der Waals surface area contributed by atoms with E-state index in [0.29, 0.717) is 13.1 Å². The van der Waals surface area contributed by atoms with Gasteiger partial charge in [-0.3, -0.25) is 9.69 Å². The molecule has 26 heavy (non-hydrogen) atoms. The van der Waals surface area contributed by atoms with Crippen molar-refractivity contribution in [2.24, 2.45) is 0 Å². The molecule has 0 spiro atoms. The fourth-order valence-electron chi connectivity index (χ4n) is 3.76. The van der Waals surface area contributed by atoms with E-state index in [0.717, 1.165) is 44.5 Å². The van der Waals surface area contributed by atoms with Gasteiger partial charge >= 0.3 is 0 Å². The predicted octanol–water partition coefficient (Wildman–Crippen LogP) is 1.53. The molecule has 144 valence electrons. The number of carbonyl (C=O) groups is 1. The van der Waals surface area contributed by atoms with Gasteiger partial charge in [0.15, 0.2) is 0 Å². The Morgan fingerprint density at radius 2 is 1.73 bits per heavy atom. The van der Waals surface area contributed by atoms with Crippen molar-refractivity contribution in [2.75, 3.05) is 39.3 Å². The summed E-state index contributed by atoms with van der Waals surface area (Å²) in [5.74, 6) is -0.349. The van der Waals surface area contributed by atoms with Crippen molar-refractivity contribution in [3.8, 4) is 0 Å². The Hall–Kier alpha value is -1.51. The van der Waals surface area contributed by atoms with Gasteiger partial charge < -0.3 is 4.90 Å². The van der Waals surface area contributed by atoms with Gasteiger partial charge in [-0.1, -0.05) is 13.3 Å². The number of sulfonamides is 1. The monoisotopic (exact) mass is 383 g/mol. The highest BCUT2D eigenvalue weighted by Gasteiger charge is 2.35. The van der Waals surface area contributed by atoms with Gasteiger partial charge in [-0.05, 0) is 50.2 Å². The summed E-state index contributed by atoms with van der Waals surface area (Å²) in [6.45, 7) is 5.20. The lowest BCUT2D eigenvalue weighted by Crippen LogP contribution is -2.56. The van der Waals surface area contributed by atoms with E-state index in [2.05, 4.69) is 11.8 Å². The number of benzene rings is 1. The van der Waals surface area contributed by atoms with Gasteiger partial charge in [-0.25, -0.2) is 12.8 Å². The van der Waals surface area contributed by atoms with Crippen molar-refractivity contribution >= 4 is 15.9 Å². The maximum Gasteiger partial charge on any atom is 0.243 e. The predicted molar refractivity (Wildman–Crippen MR) is 96.6 cm³/mol. The van der Waals surface area contributed by atoms with Crippen molar-refractivity contribution in [2.45, 2.75) is 37.1 Å². The molecular weight excluding hydrogens is 357 g/mol. The lowest BCUT2D eigenvalue weighted by Gasteiger charge is -2.40. The number of nitrogens with zero attached hydrogens (tertiary/aromatic N) is 3. The van der Waals surface area contributed by atoms with Crippen LogP contribution in [0.5, 0.6) is 0 Å². The second-order valence-corrected chi connectivity index (χ2v) is 8.76. The molecule has 1 aromatic carbocycles. The molecule has 8 heteroatoms.